The van der Waals surface area contributed by atoms with Crippen LogP contribution in [0.15, 0.2) is 70.9 Å². The number of aliphatic hydroxyl groups is 1. The third-order valence-corrected chi connectivity index (χ3v) is 5.22. The Morgan fingerprint density at radius 2 is 1.87 bits per heavy atom. The third-order valence-electron chi connectivity index (χ3n) is 4.94. The Morgan fingerprint density at radius 3 is 2.50 bits per heavy atom. The first kappa shape index (κ1) is 19.8. The van der Waals surface area contributed by atoms with Crippen LogP contribution >= 0.6 is 11.6 Å². The van der Waals surface area contributed by atoms with Gasteiger partial charge in [0.15, 0.2) is 0 Å². The predicted molar refractivity (Wildman–Crippen MR) is 113 cm³/mol. The van der Waals surface area contributed by atoms with Crippen LogP contribution in [-0.4, -0.2) is 23.9 Å². The van der Waals surface area contributed by atoms with Gasteiger partial charge in [-0.3, -0.25) is 14.5 Å². The van der Waals surface area contributed by atoms with Gasteiger partial charge in [-0.25, -0.2) is 0 Å². The number of hydrogen-bond acceptors (Lipinski definition) is 5. The van der Waals surface area contributed by atoms with E-state index in [1.807, 2.05) is 6.07 Å². The number of hydrogen-bond donors (Lipinski definition) is 1. The molecule has 0 aliphatic carbocycles. The summed E-state index contributed by atoms with van der Waals surface area (Å²) in [5, 5.41) is 11.5. The van der Waals surface area contributed by atoms with Gasteiger partial charge in [0.1, 0.15) is 23.3 Å². The Kier molecular flexibility index (Phi) is 5.10. The summed E-state index contributed by atoms with van der Waals surface area (Å²) in [7, 11) is 1.42. The first-order valence-electron chi connectivity index (χ1n) is 9.18. The number of aryl methyl sites for hydroxylation is 1. The number of halogens is 1. The van der Waals surface area contributed by atoms with Crippen molar-refractivity contribution in [2.45, 2.75) is 13.0 Å². The Hall–Kier alpha value is -3.51. The van der Waals surface area contributed by atoms with Crippen molar-refractivity contribution in [2.24, 2.45) is 0 Å². The van der Waals surface area contributed by atoms with Crippen LogP contribution in [0, 0.1) is 6.92 Å². The molecule has 0 spiro atoms. The zero-order valence-corrected chi connectivity index (χ0v) is 17.0. The van der Waals surface area contributed by atoms with E-state index in [4.69, 9.17) is 20.8 Å². The molecule has 1 fully saturated rings. The zero-order valence-electron chi connectivity index (χ0n) is 16.3. The summed E-state index contributed by atoms with van der Waals surface area (Å²) in [6.45, 7) is 1.80. The normalized spacial score (nSPS) is 18.1. The number of carbonyl (C=O) groups excluding carboxylic acids is 2. The topological polar surface area (TPSA) is 80.0 Å². The highest BCUT2D eigenvalue weighted by Gasteiger charge is 2.48. The lowest BCUT2D eigenvalue weighted by molar-refractivity contribution is -0.132. The second kappa shape index (κ2) is 7.72. The molecule has 30 heavy (non-hydrogen) atoms. The average molecular weight is 424 g/mol. The van der Waals surface area contributed by atoms with Gasteiger partial charge in [0.2, 0.25) is 0 Å². The fourth-order valence-corrected chi connectivity index (χ4v) is 4.01. The minimum absolute atomic E-state index is 0.0984. The molecular formula is C23H18ClNO5. The largest absolute Gasteiger partial charge is 0.507 e. The van der Waals surface area contributed by atoms with E-state index in [0.29, 0.717) is 11.4 Å². The Morgan fingerprint density at radius 1 is 1.13 bits per heavy atom. The predicted octanol–water partition coefficient (Wildman–Crippen LogP) is 4.88. The van der Waals surface area contributed by atoms with Gasteiger partial charge >= 0.3 is 0 Å². The van der Waals surface area contributed by atoms with Crippen LogP contribution in [0.4, 0.5) is 5.69 Å². The lowest BCUT2D eigenvalue weighted by Crippen LogP contribution is -2.29. The molecule has 0 saturated carbocycles. The summed E-state index contributed by atoms with van der Waals surface area (Å²) in [4.78, 5) is 27.3. The molecule has 3 aromatic rings. The molecule has 1 aliphatic heterocycles. The van der Waals surface area contributed by atoms with Crippen LogP contribution in [0.3, 0.4) is 0 Å². The van der Waals surface area contributed by atoms with Crippen molar-refractivity contribution in [3.8, 4) is 5.75 Å². The fraction of sp³-hybridized carbons (Fsp3) is 0.130. The standard InChI is InChI=1S/C23H18ClNO5/c1-13-11-15(22(29-2)16(24)12-13)20(26)18-19(17-9-6-10-30-17)25(23(28)21(18)27)14-7-4-3-5-8-14/h3-12,19,26H,1-2H3/b20-18-. The maximum atomic E-state index is 13.1. The lowest BCUT2D eigenvalue weighted by atomic mass is 9.97. The molecule has 1 N–H and O–H groups in total. The van der Waals surface area contributed by atoms with Gasteiger partial charge in [0.25, 0.3) is 11.7 Å². The maximum Gasteiger partial charge on any atom is 0.300 e. The third kappa shape index (κ3) is 3.15. The molecular weight excluding hydrogens is 406 g/mol. The highest BCUT2D eigenvalue weighted by atomic mass is 35.5. The van der Waals surface area contributed by atoms with E-state index in [-0.39, 0.29) is 27.7 Å². The molecule has 7 heteroatoms. The zero-order chi connectivity index (χ0) is 21.4. The van der Waals surface area contributed by atoms with Gasteiger partial charge < -0.3 is 14.3 Å². The van der Waals surface area contributed by atoms with Crippen molar-refractivity contribution in [3.05, 3.63) is 88.3 Å². The SMILES string of the molecule is COc1c(Cl)cc(C)cc1/C(O)=C1/C(=O)C(=O)N(c2ccccc2)C1c1ccco1. The van der Waals surface area contributed by atoms with E-state index in [2.05, 4.69) is 0 Å². The number of nitrogens with zero attached hydrogens (tertiary/aromatic N) is 1. The quantitative estimate of drug-likeness (QED) is 0.367. The van der Waals surface area contributed by atoms with Crippen LogP contribution < -0.4 is 9.64 Å². The molecule has 4 rings (SSSR count). The summed E-state index contributed by atoms with van der Waals surface area (Å²) < 4.78 is 10.9. The van der Waals surface area contributed by atoms with E-state index in [1.54, 1.807) is 55.5 Å². The van der Waals surface area contributed by atoms with Gasteiger partial charge in [-0.1, -0.05) is 29.8 Å². The molecule has 1 aliphatic rings. The van der Waals surface area contributed by atoms with E-state index in [9.17, 15) is 14.7 Å². The number of rotatable bonds is 4. The Labute approximate surface area is 177 Å². The average Bonchev–Trinajstić information content (AvgIpc) is 3.35. The summed E-state index contributed by atoms with van der Waals surface area (Å²) in [6, 6.07) is 14.5. The minimum Gasteiger partial charge on any atom is -0.507 e. The molecule has 1 atom stereocenters. The number of aliphatic hydroxyl groups excluding tert-OH is 1. The lowest BCUT2D eigenvalue weighted by Gasteiger charge is -2.23. The molecule has 1 amide bonds. The molecule has 1 aromatic heterocycles. The van der Waals surface area contributed by atoms with E-state index >= 15 is 0 Å². The molecule has 1 unspecified atom stereocenters. The first-order valence-corrected chi connectivity index (χ1v) is 9.55. The van der Waals surface area contributed by atoms with Crippen molar-refractivity contribution in [1.82, 2.24) is 0 Å². The number of anilines is 1. The molecule has 2 aromatic carbocycles. The van der Waals surface area contributed by atoms with Crippen LogP contribution in [0.25, 0.3) is 5.76 Å². The molecule has 6 nitrogen and oxygen atoms in total. The van der Waals surface area contributed by atoms with Gasteiger partial charge in [-0.05, 0) is 48.9 Å². The summed E-state index contributed by atoms with van der Waals surface area (Å²) in [5.41, 5.74) is 1.40. The van der Waals surface area contributed by atoms with Gasteiger partial charge in [-0.15, -0.1) is 0 Å². The molecule has 0 bridgehead atoms. The minimum atomic E-state index is -0.939. The molecule has 1 saturated heterocycles. The van der Waals surface area contributed by atoms with Crippen LogP contribution in [-0.2, 0) is 9.59 Å². The number of benzene rings is 2. The van der Waals surface area contributed by atoms with Gasteiger partial charge in [0.05, 0.1) is 29.5 Å². The summed E-state index contributed by atoms with van der Waals surface area (Å²) in [5.74, 6) is -1.41. The summed E-state index contributed by atoms with van der Waals surface area (Å²) >= 11 is 6.27. The van der Waals surface area contributed by atoms with Crippen LogP contribution in [0.5, 0.6) is 5.75 Å². The number of Topliss-reactive ketones (excluding diaryl/α,β-unsaturated/α-hetero) is 1. The van der Waals surface area contributed by atoms with Crippen molar-refractivity contribution >= 4 is 34.7 Å². The highest BCUT2D eigenvalue weighted by molar-refractivity contribution is 6.51. The smallest absolute Gasteiger partial charge is 0.300 e. The number of methoxy groups -OCH3 is 1. The van der Waals surface area contributed by atoms with Crippen molar-refractivity contribution in [1.29, 1.82) is 0 Å². The van der Waals surface area contributed by atoms with E-state index in [1.165, 1.54) is 18.3 Å². The van der Waals surface area contributed by atoms with Crippen molar-refractivity contribution < 1.29 is 23.8 Å². The number of ketones is 1. The number of ether oxygens (including phenoxy) is 1. The number of furan rings is 1. The number of carbonyl (C=O) groups is 2. The first-order chi connectivity index (χ1) is 14.4. The summed E-state index contributed by atoms with van der Waals surface area (Å²) in [6.07, 6.45) is 1.45. The molecule has 0 radical (unpaired) electrons. The maximum absolute atomic E-state index is 13.1. The monoisotopic (exact) mass is 423 g/mol. The van der Waals surface area contributed by atoms with Gasteiger partial charge in [0, 0.05) is 5.69 Å². The molecule has 2 heterocycles. The molecule has 152 valence electrons. The van der Waals surface area contributed by atoms with Crippen molar-refractivity contribution in [3.63, 3.8) is 0 Å². The van der Waals surface area contributed by atoms with Crippen LogP contribution in [0.2, 0.25) is 5.02 Å². The second-order valence-electron chi connectivity index (χ2n) is 6.85. The van der Waals surface area contributed by atoms with E-state index in [0.717, 1.165) is 5.56 Å². The number of amides is 1. The van der Waals surface area contributed by atoms with E-state index < -0.39 is 17.7 Å². The second-order valence-corrected chi connectivity index (χ2v) is 7.25. The Balaban J connectivity index is 1.99. The van der Waals surface area contributed by atoms with Crippen LogP contribution in [0.1, 0.15) is 22.9 Å². The fourth-order valence-electron chi connectivity index (χ4n) is 3.66. The van der Waals surface area contributed by atoms with Crippen molar-refractivity contribution in [2.75, 3.05) is 12.0 Å². The van der Waals surface area contributed by atoms with Gasteiger partial charge in [-0.2, -0.15) is 0 Å². The highest BCUT2D eigenvalue weighted by Crippen LogP contribution is 2.44. The number of para-hydroxylation sites is 1. The Bertz CT molecular complexity index is 1150.